The average Bonchev–Trinajstić information content (AvgIpc) is 2.36. The van der Waals surface area contributed by atoms with E-state index < -0.39 is 14.6 Å². The molecule has 0 heterocycles. The van der Waals surface area contributed by atoms with E-state index in [2.05, 4.69) is 21.2 Å². The van der Waals surface area contributed by atoms with Crippen LogP contribution >= 0.6 is 15.9 Å². The topological polar surface area (TPSA) is 46.2 Å². The Bertz CT molecular complexity index is 587. The molecule has 0 bridgehead atoms. The zero-order chi connectivity index (χ0) is 16.3. The van der Waals surface area contributed by atoms with Gasteiger partial charge in [0.1, 0.15) is 5.82 Å². The van der Waals surface area contributed by atoms with Gasteiger partial charge in [-0.1, -0.05) is 22.9 Å². The maximum atomic E-state index is 13.9. The molecule has 0 saturated carbocycles. The molecule has 0 spiro atoms. The van der Waals surface area contributed by atoms with E-state index in [0.29, 0.717) is 18.5 Å². The van der Waals surface area contributed by atoms with Gasteiger partial charge in [-0.15, -0.1) is 0 Å². The lowest BCUT2D eigenvalue weighted by molar-refractivity contribution is 0.401. The first-order valence-corrected chi connectivity index (χ1v) is 9.65. The molecule has 6 heteroatoms. The Kier molecular flexibility index (Phi) is 6.37. The van der Waals surface area contributed by atoms with Crippen molar-refractivity contribution in [3.05, 3.63) is 34.1 Å². The lowest BCUT2D eigenvalue weighted by Gasteiger charge is -2.33. The van der Waals surface area contributed by atoms with Crippen molar-refractivity contribution in [1.29, 1.82) is 0 Å². The van der Waals surface area contributed by atoms with Gasteiger partial charge in [-0.05, 0) is 57.0 Å². The fourth-order valence-electron chi connectivity index (χ4n) is 2.06. The molecule has 0 aromatic heterocycles. The molecule has 3 nitrogen and oxygen atoms in total. The van der Waals surface area contributed by atoms with Crippen molar-refractivity contribution in [2.75, 3.05) is 12.8 Å². The lowest BCUT2D eigenvalue weighted by atomic mass is 9.95. The minimum Gasteiger partial charge on any atom is -0.312 e. The summed E-state index contributed by atoms with van der Waals surface area (Å²) in [4.78, 5) is 0. The normalized spacial score (nSPS) is 14.2. The quantitative estimate of drug-likeness (QED) is 0.790. The summed E-state index contributed by atoms with van der Waals surface area (Å²) in [6, 6.07) is 4.38. The first-order chi connectivity index (χ1) is 9.59. The van der Waals surface area contributed by atoms with Crippen molar-refractivity contribution in [3.8, 4) is 0 Å². The molecular weight excluding hydrogens is 357 g/mol. The minimum absolute atomic E-state index is 0.314. The second-order valence-corrected chi connectivity index (χ2v) is 9.33. The third-order valence-corrected chi connectivity index (χ3v) is 6.56. The van der Waals surface area contributed by atoms with Crippen molar-refractivity contribution < 1.29 is 12.8 Å². The van der Waals surface area contributed by atoms with E-state index in [9.17, 15) is 12.8 Å². The highest BCUT2D eigenvalue weighted by atomic mass is 79.9. The van der Waals surface area contributed by atoms with Crippen molar-refractivity contribution >= 4 is 25.8 Å². The molecular formula is C15H23BrFNO2S. The van der Waals surface area contributed by atoms with Crippen molar-refractivity contribution in [2.24, 2.45) is 0 Å². The van der Waals surface area contributed by atoms with Crippen LogP contribution in [0.5, 0.6) is 0 Å². The Morgan fingerprint density at radius 3 is 2.52 bits per heavy atom. The van der Waals surface area contributed by atoms with Gasteiger partial charge in [-0.25, -0.2) is 12.8 Å². The second-order valence-electron chi connectivity index (χ2n) is 5.82. The van der Waals surface area contributed by atoms with Gasteiger partial charge in [0.05, 0.1) is 4.75 Å². The Morgan fingerprint density at radius 2 is 2.00 bits per heavy atom. The van der Waals surface area contributed by atoms with Crippen molar-refractivity contribution in [1.82, 2.24) is 5.32 Å². The van der Waals surface area contributed by atoms with Crippen LogP contribution in [-0.2, 0) is 16.3 Å². The summed E-state index contributed by atoms with van der Waals surface area (Å²) in [5.74, 6) is -0.314. The number of halogens is 2. The van der Waals surface area contributed by atoms with Crippen LogP contribution in [-0.4, -0.2) is 32.0 Å². The van der Waals surface area contributed by atoms with Crippen LogP contribution < -0.4 is 5.32 Å². The Morgan fingerprint density at radius 1 is 1.38 bits per heavy atom. The van der Waals surface area contributed by atoms with Crippen LogP contribution in [0.3, 0.4) is 0 Å². The van der Waals surface area contributed by atoms with Gasteiger partial charge in [-0.3, -0.25) is 0 Å². The molecule has 1 unspecified atom stereocenters. The Balaban J connectivity index is 3.12. The summed E-state index contributed by atoms with van der Waals surface area (Å²) >= 11 is 3.32. The number of rotatable bonds is 7. The molecule has 0 saturated heterocycles. The van der Waals surface area contributed by atoms with Gasteiger partial charge in [0, 0.05) is 16.8 Å². The number of hydrogen-bond acceptors (Lipinski definition) is 3. The van der Waals surface area contributed by atoms with E-state index in [1.165, 1.54) is 12.3 Å². The average molecular weight is 380 g/mol. The molecule has 21 heavy (non-hydrogen) atoms. The van der Waals surface area contributed by atoms with Crippen LogP contribution in [0.4, 0.5) is 4.39 Å². The lowest BCUT2D eigenvalue weighted by Crippen LogP contribution is -2.53. The molecule has 120 valence electrons. The number of sulfone groups is 1. The third-order valence-electron chi connectivity index (χ3n) is 3.87. The van der Waals surface area contributed by atoms with Gasteiger partial charge in [0.15, 0.2) is 9.84 Å². The minimum atomic E-state index is -3.27. The molecule has 0 aliphatic heterocycles. The van der Waals surface area contributed by atoms with Crippen LogP contribution in [0.25, 0.3) is 0 Å². The molecule has 1 N–H and O–H groups in total. The first-order valence-electron chi connectivity index (χ1n) is 6.96. The SMILES string of the molecule is CCCNC(Cc1cc(Br)ccc1F)C(C)(C)S(C)(=O)=O. The Hall–Kier alpha value is -0.460. The number of hydrogen-bond donors (Lipinski definition) is 1. The third kappa shape index (κ3) is 4.76. The van der Waals surface area contributed by atoms with Crippen molar-refractivity contribution in [2.45, 2.75) is 44.4 Å². The molecule has 1 aromatic carbocycles. The molecule has 1 rings (SSSR count). The van der Waals surface area contributed by atoms with Gasteiger partial charge < -0.3 is 5.32 Å². The maximum Gasteiger partial charge on any atom is 0.154 e. The highest BCUT2D eigenvalue weighted by Gasteiger charge is 2.38. The van der Waals surface area contributed by atoms with Gasteiger partial charge in [-0.2, -0.15) is 0 Å². The second kappa shape index (κ2) is 7.20. The first kappa shape index (κ1) is 18.6. The molecule has 1 atom stereocenters. The highest BCUT2D eigenvalue weighted by Crippen LogP contribution is 2.25. The fraction of sp³-hybridized carbons (Fsp3) is 0.600. The summed E-state index contributed by atoms with van der Waals surface area (Å²) in [6.45, 7) is 6.08. The van der Waals surface area contributed by atoms with Crippen LogP contribution in [0.15, 0.2) is 22.7 Å². The molecule has 0 amide bonds. The van der Waals surface area contributed by atoms with Crippen LogP contribution in [0.1, 0.15) is 32.8 Å². The van der Waals surface area contributed by atoms with E-state index in [4.69, 9.17) is 0 Å². The van der Waals surface area contributed by atoms with Gasteiger partial charge >= 0.3 is 0 Å². The highest BCUT2D eigenvalue weighted by molar-refractivity contribution is 9.10. The summed E-state index contributed by atoms with van der Waals surface area (Å²) in [5, 5.41) is 3.25. The predicted molar refractivity (Wildman–Crippen MR) is 88.8 cm³/mol. The fourth-order valence-corrected chi connectivity index (χ4v) is 3.15. The largest absolute Gasteiger partial charge is 0.312 e. The smallest absolute Gasteiger partial charge is 0.154 e. The van der Waals surface area contributed by atoms with E-state index in [1.54, 1.807) is 26.0 Å². The summed E-state index contributed by atoms with van der Waals surface area (Å²) in [6.07, 6.45) is 2.44. The Labute approximate surface area is 135 Å². The van der Waals surface area contributed by atoms with Gasteiger partial charge in [0.2, 0.25) is 0 Å². The summed E-state index contributed by atoms with van der Waals surface area (Å²) in [7, 11) is -3.27. The van der Waals surface area contributed by atoms with E-state index in [-0.39, 0.29) is 11.9 Å². The zero-order valence-electron chi connectivity index (χ0n) is 12.9. The van der Waals surface area contributed by atoms with Gasteiger partial charge in [0.25, 0.3) is 0 Å². The number of nitrogens with one attached hydrogen (secondary N) is 1. The van der Waals surface area contributed by atoms with Crippen LogP contribution in [0, 0.1) is 5.82 Å². The van der Waals surface area contributed by atoms with E-state index in [0.717, 1.165) is 10.9 Å². The molecule has 0 aliphatic carbocycles. The summed E-state index contributed by atoms with van der Waals surface area (Å²) in [5.41, 5.74) is 0.509. The zero-order valence-corrected chi connectivity index (χ0v) is 15.3. The molecule has 0 radical (unpaired) electrons. The molecule has 1 aromatic rings. The maximum absolute atomic E-state index is 13.9. The number of benzene rings is 1. The standard InChI is InChI=1S/C15H23BrFNO2S/c1-5-8-18-14(15(2,3)21(4,19)20)10-11-9-12(16)6-7-13(11)17/h6-7,9,14,18H,5,8,10H2,1-4H3. The monoisotopic (exact) mass is 379 g/mol. The predicted octanol–water partition coefficient (Wildman–Crippen LogP) is 3.32. The molecule has 0 fully saturated rings. The van der Waals surface area contributed by atoms with Crippen LogP contribution in [0.2, 0.25) is 0 Å². The van der Waals surface area contributed by atoms with Crippen molar-refractivity contribution in [3.63, 3.8) is 0 Å². The molecule has 0 aliphatic rings. The van der Waals surface area contributed by atoms with E-state index in [1.807, 2.05) is 6.92 Å². The van der Waals surface area contributed by atoms with E-state index >= 15 is 0 Å². The summed E-state index contributed by atoms with van der Waals surface area (Å²) < 4.78 is 37.9.